The van der Waals surface area contributed by atoms with E-state index in [4.69, 9.17) is 10.6 Å². The van der Waals surface area contributed by atoms with E-state index in [1.807, 2.05) is 24.4 Å². The number of nitrogens with one attached hydrogen (secondary N) is 1. The lowest BCUT2D eigenvalue weighted by molar-refractivity contribution is 0.176. The molecule has 0 radical (unpaired) electrons. The van der Waals surface area contributed by atoms with Gasteiger partial charge < -0.3 is 4.74 Å². The molecule has 1 aromatic heterocycles. The summed E-state index contributed by atoms with van der Waals surface area (Å²) in [4.78, 5) is 4.52. The van der Waals surface area contributed by atoms with Crippen LogP contribution in [-0.2, 0) is 4.74 Å². The number of hydrogen-bond acceptors (Lipinski definition) is 4. The van der Waals surface area contributed by atoms with Gasteiger partial charge in [0.1, 0.15) is 0 Å². The minimum absolute atomic E-state index is 0.0543. The maximum atomic E-state index is 5.73. The van der Waals surface area contributed by atoms with Crippen LogP contribution in [0.15, 0.2) is 36.5 Å². The van der Waals surface area contributed by atoms with Crippen molar-refractivity contribution in [2.24, 2.45) is 11.8 Å². The van der Waals surface area contributed by atoms with Gasteiger partial charge in [-0.1, -0.05) is 24.3 Å². The maximum absolute atomic E-state index is 5.73. The molecule has 1 saturated heterocycles. The van der Waals surface area contributed by atoms with Crippen LogP contribution in [0.5, 0.6) is 0 Å². The van der Waals surface area contributed by atoms with Gasteiger partial charge in [0.05, 0.1) is 18.3 Å². The van der Waals surface area contributed by atoms with Crippen molar-refractivity contribution in [2.75, 3.05) is 13.2 Å². The van der Waals surface area contributed by atoms with Crippen molar-refractivity contribution in [1.29, 1.82) is 0 Å². The van der Waals surface area contributed by atoms with E-state index in [9.17, 15) is 0 Å². The Balaban J connectivity index is 2.06. The second kappa shape index (κ2) is 5.02. The molecule has 0 aliphatic carbocycles. The summed E-state index contributed by atoms with van der Waals surface area (Å²) >= 11 is 0. The molecule has 4 heteroatoms. The fraction of sp³-hybridized carbons (Fsp3) is 0.357. The minimum Gasteiger partial charge on any atom is -0.381 e. The summed E-state index contributed by atoms with van der Waals surface area (Å²) in [7, 11) is 0. The van der Waals surface area contributed by atoms with Crippen LogP contribution in [0.2, 0.25) is 0 Å². The first-order valence-electron chi connectivity index (χ1n) is 6.27. The number of benzene rings is 1. The lowest BCUT2D eigenvalue weighted by Gasteiger charge is -2.22. The number of nitrogens with zero attached hydrogens (tertiary/aromatic N) is 1. The molecule has 2 atom stereocenters. The molecule has 1 fully saturated rings. The molecule has 3 rings (SSSR count). The standard InChI is InChI=1S/C14H17N3O/c15-17-13(11-6-8-18-9-11)14-12-4-2-1-3-10(12)5-7-16-14/h1-5,7,11,13,17H,6,8-9,15H2. The van der Waals surface area contributed by atoms with Crippen LogP contribution < -0.4 is 11.3 Å². The maximum Gasteiger partial charge on any atom is 0.0689 e. The van der Waals surface area contributed by atoms with Crippen molar-refractivity contribution in [1.82, 2.24) is 10.4 Å². The lowest BCUT2D eigenvalue weighted by Crippen LogP contribution is -2.34. The average Bonchev–Trinajstić information content (AvgIpc) is 2.94. The van der Waals surface area contributed by atoms with Crippen LogP contribution in [0, 0.1) is 5.92 Å². The van der Waals surface area contributed by atoms with Gasteiger partial charge in [0.25, 0.3) is 0 Å². The molecule has 1 aromatic carbocycles. The van der Waals surface area contributed by atoms with Crippen molar-refractivity contribution in [3.8, 4) is 0 Å². The zero-order valence-electron chi connectivity index (χ0n) is 10.2. The third-order valence-electron chi connectivity index (χ3n) is 3.61. The van der Waals surface area contributed by atoms with E-state index >= 15 is 0 Å². The molecule has 94 valence electrons. The predicted octanol–water partition coefficient (Wildman–Crippen LogP) is 1.78. The van der Waals surface area contributed by atoms with Crippen LogP contribution in [0.25, 0.3) is 10.8 Å². The molecular weight excluding hydrogens is 226 g/mol. The second-order valence-electron chi connectivity index (χ2n) is 4.69. The number of rotatable bonds is 3. The highest BCUT2D eigenvalue weighted by atomic mass is 16.5. The molecule has 0 bridgehead atoms. The number of fused-ring (bicyclic) bond motifs is 1. The number of nitrogens with two attached hydrogens (primary N) is 1. The summed E-state index contributed by atoms with van der Waals surface area (Å²) in [5.74, 6) is 6.13. The monoisotopic (exact) mass is 243 g/mol. The van der Waals surface area contributed by atoms with Gasteiger partial charge in [0.2, 0.25) is 0 Å². The van der Waals surface area contributed by atoms with Gasteiger partial charge in [-0.2, -0.15) is 0 Å². The highest BCUT2D eigenvalue weighted by Crippen LogP contribution is 2.30. The first kappa shape index (κ1) is 11.6. The molecule has 0 spiro atoms. The summed E-state index contributed by atoms with van der Waals surface area (Å²) in [6.45, 7) is 1.56. The van der Waals surface area contributed by atoms with E-state index < -0.39 is 0 Å². The average molecular weight is 243 g/mol. The molecular formula is C14H17N3O. The summed E-state index contributed by atoms with van der Waals surface area (Å²) in [6, 6.07) is 10.3. The van der Waals surface area contributed by atoms with E-state index in [-0.39, 0.29) is 6.04 Å². The van der Waals surface area contributed by atoms with Crippen molar-refractivity contribution in [2.45, 2.75) is 12.5 Å². The minimum atomic E-state index is 0.0543. The second-order valence-corrected chi connectivity index (χ2v) is 4.69. The molecule has 0 amide bonds. The van der Waals surface area contributed by atoms with Crippen LogP contribution in [0.3, 0.4) is 0 Å². The normalized spacial score (nSPS) is 21.3. The number of hydrazine groups is 1. The number of hydrogen-bond donors (Lipinski definition) is 2. The van der Waals surface area contributed by atoms with Gasteiger partial charge in [-0.3, -0.25) is 16.3 Å². The quantitative estimate of drug-likeness (QED) is 0.637. The molecule has 1 aliphatic rings. The van der Waals surface area contributed by atoms with Crippen molar-refractivity contribution >= 4 is 10.8 Å². The van der Waals surface area contributed by atoms with Gasteiger partial charge in [0.15, 0.2) is 0 Å². The fourth-order valence-corrected chi connectivity index (χ4v) is 2.64. The van der Waals surface area contributed by atoms with E-state index in [2.05, 4.69) is 22.5 Å². The predicted molar refractivity (Wildman–Crippen MR) is 70.7 cm³/mol. The largest absolute Gasteiger partial charge is 0.381 e. The van der Waals surface area contributed by atoms with Crippen LogP contribution in [-0.4, -0.2) is 18.2 Å². The molecule has 1 aliphatic heterocycles. The number of aromatic nitrogens is 1. The van der Waals surface area contributed by atoms with Crippen molar-refractivity contribution in [3.63, 3.8) is 0 Å². The van der Waals surface area contributed by atoms with Crippen molar-refractivity contribution in [3.05, 3.63) is 42.2 Å². The molecule has 3 N–H and O–H groups in total. The highest BCUT2D eigenvalue weighted by molar-refractivity contribution is 5.84. The number of ether oxygens (including phenoxy) is 1. The summed E-state index contributed by atoms with van der Waals surface area (Å²) < 4.78 is 5.45. The first-order valence-corrected chi connectivity index (χ1v) is 6.27. The smallest absolute Gasteiger partial charge is 0.0689 e. The molecule has 2 unspecified atom stereocenters. The molecule has 18 heavy (non-hydrogen) atoms. The zero-order chi connectivity index (χ0) is 12.4. The Hall–Kier alpha value is -1.49. The fourth-order valence-electron chi connectivity index (χ4n) is 2.64. The zero-order valence-corrected chi connectivity index (χ0v) is 10.2. The Kier molecular flexibility index (Phi) is 3.23. The Morgan fingerprint density at radius 2 is 2.22 bits per heavy atom. The molecule has 2 heterocycles. The van der Waals surface area contributed by atoms with E-state index in [1.54, 1.807) is 0 Å². The first-order chi connectivity index (χ1) is 8.90. The van der Waals surface area contributed by atoms with Gasteiger partial charge in [-0.25, -0.2) is 0 Å². The van der Waals surface area contributed by atoms with Crippen LogP contribution >= 0.6 is 0 Å². The third kappa shape index (κ3) is 1.99. The Morgan fingerprint density at radius 3 is 3.00 bits per heavy atom. The van der Waals surface area contributed by atoms with E-state index in [0.29, 0.717) is 5.92 Å². The summed E-state index contributed by atoms with van der Waals surface area (Å²) in [6.07, 6.45) is 2.87. The van der Waals surface area contributed by atoms with E-state index in [0.717, 1.165) is 30.7 Å². The molecule has 2 aromatic rings. The summed E-state index contributed by atoms with van der Waals surface area (Å²) in [5.41, 5.74) is 3.93. The topological polar surface area (TPSA) is 60.2 Å². The highest BCUT2D eigenvalue weighted by Gasteiger charge is 2.28. The molecule has 0 saturated carbocycles. The van der Waals surface area contributed by atoms with Crippen LogP contribution in [0.4, 0.5) is 0 Å². The van der Waals surface area contributed by atoms with Crippen LogP contribution in [0.1, 0.15) is 18.2 Å². The Labute approximate surface area is 106 Å². The summed E-state index contributed by atoms with van der Waals surface area (Å²) in [5, 5.41) is 2.36. The number of pyridine rings is 1. The Bertz CT molecular complexity index is 532. The van der Waals surface area contributed by atoms with E-state index in [1.165, 1.54) is 5.39 Å². The van der Waals surface area contributed by atoms with Crippen molar-refractivity contribution < 1.29 is 4.74 Å². The van der Waals surface area contributed by atoms with Gasteiger partial charge >= 0.3 is 0 Å². The van der Waals surface area contributed by atoms with Gasteiger partial charge in [0, 0.05) is 24.1 Å². The Morgan fingerprint density at radius 1 is 1.33 bits per heavy atom. The SMILES string of the molecule is NNC(c1nccc2ccccc12)C1CCOC1. The lowest BCUT2D eigenvalue weighted by atomic mass is 9.93. The van der Waals surface area contributed by atoms with Gasteiger partial charge in [-0.15, -0.1) is 0 Å². The van der Waals surface area contributed by atoms with Gasteiger partial charge in [-0.05, 0) is 17.9 Å². The molecule has 4 nitrogen and oxygen atoms in total. The third-order valence-corrected chi connectivity index (χ3v) is 3.61.